The zero-order valence-electron chi connectivity index (χ0n) is 16.4. The van der Waals surface area contributed by atoms with Crippen LogP contribution in [-0.4, -0.2) is 35.6 Å². The highest BCUT2D eigenvalue weighted by atomic mass is 16.5. The van der Waals surface area contributed by atoms with Crippen molar-refractivity contribution in [1.29, 1.82) is 0 Å². The minimum atomic E-state index is -0.612. The molecule has 1 saturated carbocycles. The lowest BCUT2D eigenvalue weighted by Crippen LogP contribution is -2.58. The van der Waals surface area contributed by atoms with Gasteiger partial charge < -0.3 is 14.7 Å². The van der Waals surface area contributed by atoms with Gasteiger partial charge in [-0.2, -0.15) is 0 Å². The Hall–Kier alpha value is -2.33. The number of nitrogens with zero attached hydrogens (tertiary/aromatic N) is 1. The number of carboxylic acid groups (broad SMARTS) is 1. The second kappa shape index (κ2) is 6.35. The van der Waals surface area contributed by atoms with E-state index in [0.717, 1.165) is 51.1 Å². The second-order valence-corrected chi connectivity index (χ2v) is 9.23. The van der Waals surface area contributed by atoms with Crippen molar-refractivity contribution in [3.05, 3.63) is 64.7 Å². The Balaban J connectivity index is 1.20. The van der Waals surface area contributed by atoms with Crippen molar-refractivity contribution in [2.75, 3.05) is 19.6 Å². The Morgan fingerprint density at radius 1 is 1.11 bits per heavy atom. The third kappa shape index (κ3) is 3.10. The van der Waals surface area contributed by atoms with E-state index >= 15 is 0 Å². The van der Waals surface area contributed by atoms with Crippen molar-refractivity contribution >= 4 is 5.97 Å². The van der Waals surface area contributed by atoms with Gasteiger partial charge in [0.1, 0.15) is 12.4 Å². The van der Waals surface area contributed by atoms with Crippen LogP contribution in [0.5, 0.6) is 5.75 Å². The highest BCUT2D eigenvalue weighted by molar-refractivity contribution is 5.78. The molecule has 5 rings (SSSR count). The van der Waals surface area contributed by atoms with Crippen molar-refractivity contribution in [2.24, 2.45) is 10.8 Å². The standard InChI is InChI=1S/C24H27NO3/c1-17-4-2-3-5-19(17)13-28-21-7-6-18-11-23(12-20(18)10-21)14-25(15-23)16-24(8-9-24)22(26)27/h2-7,10H,8-9,11-16H2,1H3,(H,26,27). The van der Waals surface area contributed by atoms with Gasteiger partial charge in [0.05, 0.1) is 5.41 Å². The van der Waals surface area contributed by atoms with Gasteiger partial charge in [0.15, 0.2) is 0 Å². The van der Waals surface area contributed by atoms with Crippen molar-refractivity contribution in [3.63, 3.8) is 0 Å². The fraction of sp³-hybridized carbons (Fsp3) is 0.458. The van der Waals surface area contributed by atoms with Crippen LogP contribution < -0.4 is 4.74 Å². The van der Waals surface area contributed by atoms with Crippen molar-refractivity contribution in [1.82, 2.24) is 4.90 Å². The highest BCUT2D eigenvalue weighted by Gasteiger charge is 2.55. The van der Waals surface area contributed by atoms with E-state index < -0.39 is 11.4 Å². The Labute approximate surface area is 166 Å². The first-order chi connectivity index (χ1) is 13.5. The van der Waals surface area contributed by atoms with Crippen molar-refractivity contribution in [2.45, 2.75) is 39.2 Å². The summed E-state index contributed by atoms with van der Waals surface area (Å²) in [6, 6.07) is 14.9. The first-order valence-electron chi connectivity index (χ1n) is 10.2. The summed E-state index contributed by atoms with van der Waals surface area (Å²) in [4.78, 5) is 13.8. The number of benzene rings is 2. The average molecular weight is 377 g/mol. The zero-order valence-corrected chi connectivity index (χ0v) is 16.4. The first kappa shape index (κ1) is 17.7. The minimum Gasteiger partial charge on any atom is -0.489 e. The number of carbonyl (C=O) groups is 1. The van der Waals surface area contributed by atoms with Gasteiger partial charge >= 0.3 is 5.97 Å². The molecule has 4 heteroatoms. The van der Waals surface area contributed by atoms with E-state index in [9.17, 15) is 9.90 Å². The molecule has 1 N–H and O–H groups in total. The van der Waals surface area contributed by atoms with Gasteiger partial charge in [-0.1, -0.05) is 30.3 Å². The second-order valence-electron chi connectivity index (χ2n) is 9.23. The molecule has 2 aromatic rings. The molecule has 2 fully saturated rings. The summed E-state index contributed by atoms with van der Waals surface area (Å²) in [6.45, 7) is 5.49. The summed E-state index contributed by atoms with van der Waals surface area (Å²) in [5, 5.41) is 9.41. The maximum Gasteiger partial charge on any atom is 0.310 e. The van der Waals surface area contributed by atoms with Crippen LogP contribution in [0.1, 0.15) is 35.1 Å². The molecule has 4 nitrogen and oxygen atoms in total. The van der Waals surface area contributed by atoms with Crippen molar-refractivity contribution in [3.8, 4) is 5.75 Å². The topological polar surface area (TPSA) is 49.8 Å². The van der Waals surface area contributed by atoms with Gasteiger partial charge in [-0.3, -0.25) is 4.79 Å². The van der Waals surface area contributed by atoms with E-state index in [1.54, 1.807) is 0 Å². The van der Waals surface area contributed by atoms with Gasteiger partial charge in [0, 0.05) is 25.0 Å². The molecule has 0 atom stereocenters. The third-order valence-corrected chi connectivity index (χ3v) is 6.92. The first-order valence-corrected chi connectivity index (χ1v) is 10.2. The summed E-state index contributed by atoms with van der Waals surface area (Å²) >= 11 is 0. The quantitative estimate of drug-likeness (QED) is 0.831. The van der Waals surface area contributed by atoms with Gasteiger partial charge in [0.25, 0.3) is 0 Å². The molecule has 0 radical (unpaired) electrons. The molecule has 0 unspecified atom stereocenters. The highest BCUT2D eigenvalue weighted by Crippen LogP contribution is 2.51. The maximum atomic E-state index is 11.4. The van der Waals surface area contributed by atoms with Crippen molar-refractivity contribution < 1.29 is 14.6 Å². The summed E-state index contributed by atoms with van der Waals surface area (Å²) in [6.07, 6.45) is 3.87. The van der Waals surface area contributed by atoms with Gasteiger partial charge in [-0.25, -0.2) is 0 Å². The molecular formula is C24H27NO3. The molecular weight excluding hydrogens is 350 g/mol. The molecule has 28 heavy (non-hydrogen) atoms. The average Bonchev–Trinajstić information content (AvgIpc) is 3.33. The molecule has 146 valence electrons. The number of aliphatic carboxylic acids is 1. The summed E-state index contributed by atoms with van der Waals surface area (Å²) in [7, 11) is 0. The van der Waals surface area contributed by atoms with Crippen LogP contribution in [0.2, 0.25) is 0 Å². The molecule has 3 aliphatic rings. The summed E-state index contributed by atoms with van der Waals surface area (Å²) in [5.74, 6) is 0.330. The number of likely N-dealkylation sites (tertiary alicyclic amines) is 1. The number of aryl methyl sites for hydroxylation is 1. The lowest BCUT2D eigenvalue weighted by Gasteiger charge is -2.49. The van der Waals surface area contributed by atoms with Gasteiger partial charge in [-0.15, -0.1) is 0 Å². The van der Waals surface area contributed by atoms with Crippen LogP contribution in [0.15, 0.2) is 42.5 Å². The largest absolute Gasteiger partial charge is 0.489 e. The fourth-order valence-electron chi connectivity index (χ4n) is 5.09. The van der Waals surface area contributed by atoms with E-state index in [-0.39, 0.29) is 0 Å². The SMILES string of the molecule is Cc1ccccc1COc1ccc2c(c1)CC1(C2)CN(CC2(C(=O)O)CC2)C1. The predicted octanol–water partition coefficient (Wildman–Crippen LogP) is 3.84. The van der Waals surface area contributed by atoms with Gasteiger partial charge in [0.2, 0.25) is 0 Å². The fourth-order valence-corrected chi connectivity index (χ4v) is 5.09. The summed E-state index contributed by atoms with van der Waals surface area (Å²) in [5.41, 5.74) is 5.19. The van der Waals surface area contributed by atoms with E-state index in [1.807, 2.05) is 0 Å². The van der Waals surface area contributed by atoms with Gasteiger partial charge in [-0.05, 0) is 67.0 Å². The molecule has 1 saturated heterocycles. The van der Waals surface area contributed by atoms with Crippen LogP contribution in [0, 0.1) is 17.8 Å². The van der Waals surface area contributed by atoms with Crippen LogP contribution in [0.25, 0.3) is 0 Å². The number of carboxylic acids is 1. The maximum absolute atomic E-state index is 11.4. The smallest absolute Gasteiger partial charge is 0.310 e. The van der Waals surface area contributed by atoms with Crippen LogP contribution in [0.3, 0.4) is 0 Å². The zero-order chi connectivity index (χ0) is 19.4. The molecule has 0 aromatic heterocycles. The molecule has 0 amide bonds. The predicted molar refractivity (Wildman–Crippen MR) is 108 cm³/mol. The minimum absolute atomic E-state index is 0.311. The number of hydrogen-bond donors (Lipinski definition) is 1. The molecule has 1 heterocycles. The molecule has 1 aliphatic heterocycles. The van der Waals surface area contributed by atoms with E-state index in [2.05, 4.69) is 54.3 Å². The van der Waals surface area contributed by atoms with Crippen LogP contribution in [0.4, 0.5) is 0 Å². The monoisotopic (exact) mass is 377 g/mol. The number of hydrogen-bond acceptors (Lipinski definition) is 3. The lowest BCUT2D eigenvalue weighted by atomic mass is 9.76. The molecule has 2 aromatic carbocycles. The Morgan fingerprint density at radius 2 is 1.86 bits per heavy atom. The summed E-state index contributed by atoms with van der Waals surface area (Å²) < 4.78 is 6.06. The molecule has 2 aliphatic carbocycles. The number of rotatable bonds is 6. The molecule has 0 bridgehead atoms. The Bertz CT molecular complexity index is 925. The van der Waals surface area contributed by atoms with E-state index in [4.69, 9.17) is 4.74 Å². The molecule has 1 spiro atoms. The number of fused-ring (bicyclic) bond motifs is 1. The Morgan fingerprint density at radius 3 is 2.57 bits per heavy atom. The lowest BCUT2D eigenvalue weighted by molar-refractivity contribution is -0.145. The third-order valence-electron chi connectivity index (χ3n) is 6.92. The number of ether oxygens (including phenoxy) is 1. The normalized spacial score (nSPS) is 21.2. The van der Waals surface area contributed by atoms with Crippen LogP contribution >= 0.6 is 0 Å². The van der Waals surface area contributed by atoms with Crippen LogP contribution in [-0.2, 0) is 24.2 Å². The van der Waals surface area contributed by atoms with E-state index in [1.165, 1.54) is 22.3 Å². The van der Waals surface area contributed by atoms with E-state index in [0.29, 0.717) is 12.0 Å². The Kier molecular flexibility index (Phi) is 4.02.